The Labute approximate surface area is 122 Å². The Kier molecular flexibility index (Phi) is 3.51. The van der Waals surface area contributed by atoms with Crippen molar-refractivity contribution >= 4 is 5.69 Å². The molecule has 0 radical (unpaired) electrons. The van der Waals surface area contributed by atoms with Gasteiger partial charge in [-0.3, -0.25) is 0 Å². The highest BCUT2D eigenvalue weighted by Crippen LogP contribution is 2.22. The van der Waals surface area contributed by atoms with Crippen LogP contribution >= 0.6 is 0 Å². The molecule has 0 spiro atoms. The predicted molar refractivity (Wildman–Crippen MR) is 79.3 cm³/mol. The Morgan fingerprint density at radius 2 is 2.05 bits per heavy atom. The normalized spacial score (nSPS) is 10.5. The molecule has 0 aliphatic heterocycles. The van der Waals surface area contributed by atoms with Gasteiger partial charge < -0.3 is 10.4 Å². The van der Waals surface area contributed by atoms with Gasteiger partial charge in [-0.15, -0.1) is 5.10 Å². The summed E-state index contributed by atoms with van der Waals surface area (Å²) >= 11 is 0. The zero-order valence-corrected chi connectivity index (χ0v) is 11.6. The number of aryl methyl sites for hydroxylation is 1. The molecular weight excluding hydrogens is 266 g/mol. The molecule has 1 aromatic heterocycles. The number of phenols is 1. The number of aromatic hydroxyl groups is 1. The number of para-hydroxylation sites is 1. The Morgan fingerprint density at radius 3 is 2.81 bits per heavy atom. The fourth-order valence-corrected chi connectivity index (χ4v) is 2.07. The maximum atomic E-state index is 9.79. The van der Waals surface area contributed by atoms with Crippen molar-refractivity contribution in [3.63, 3.8) is 0 Å². The van der Waals surface area contributed by atoms with Gasteiger partial charge in [0.1, 0.15) is 12.1 Å². The predicted octanol–water partition coefficient (Wildman–Crippen LogP) is 2.29. The number of aromatic nitrogens is 4. The summed E-state index contributed by atoms with van der Waals surface area (Å²) < 4.78 is 1.60. The van der Waals surface area contributed by atoms with Crippen LogP contribution in [0, 0.1) is 6.92 Å². The van der Waals surface area contributed by atoms with Crippen LogP contribution in [0.25, 0.3) is 5.69 Å². The molecule has 0 saturated carbocycles. The summed E-state index contributed by atoms with van der Waals surface area (Å²) in [6.45, 7) is 2.57. The number of phenolic OH excluding ortho intramolecular Hbond substituents is 1. The fourth-order valence-electron chi connectivity index (χ4n) is 2.07. The smallest absolute Gasteiger partial charge is 0.143 e. The van der Waals surface area contributed by atoms with Gasteiger partial charge in [0.15, 0.2) is 0 Å². The SMILES string of the molecule is Cc1ccc(-n2cnnn2)cc1NCc1ccccc1O. The molecule has 2 N–H and O–H groups in total. The van der Waals surface area contributed by atoms with Gasteiger partial charge in [0, 0.05) is 17.8 Å². The Balaban J connectivity index is 1.82. The van der Waals surface area contributed by atoms with Crippen molar-refractivity contribution in [1.82, 2.24) is 20.2 Å². The van der Waals surface area contributed by atoms with E-state index in [0.717, 1.165) is 22.5 Å². The van der Waals surface area contributed by atoms with Crippen molar-refractivity contribution in [2.75, 3.05) is 5.32 Å². The maximum absolute atomic E-state index is 9.79. The first-order valence-electron chi connectivity index (χ1n) is 6.59. The Hall–Kier alpha value is -2.89. The molecular formula is C15H15N5O. The van der Waals surface area contributed by atoms with Crippen LogP contribution in [0.1, 0.15) is 11.1 Å². The van der Waals surface area contributed by atoms with E-state index in [1.54, 1.807) is 17.1 Å². The molecule has 0 fully saturated rings. The van der Waals surface area contributed by atoms with Crippen LogP contribution in [0.5, 0.6) is 5.75 Å². The first kappa shape index (κ1) is 13.1. The first-order chi connectivity index (χ1) is 10.2. The van der Waals surface area contributed by atoms with Crippen LogP contribution in [0.4, 0.5) is 5.69 Å². The van der Waals surface area contributed by atoms with Crippen LogP contribution in [-0.4, -0.2) is 25.3 Å². The molecule has 106 valence electrons. The summed E-state index contributed by atoms with van der Waals surface area (Å²) in [4.78, 5) is 0. The van der Waals surface area contributed by atoms with E-state index in [1.807, 2.05) is 43.3 Å². The topological polar surface area (TPSA) is 75.9 Å². The first-order valence-corrected chi connectivity index (χ1v) is 6.59. The zero-order chi connectivity index (χ0) is 14.7. The lowest BCUT2D eigenvalue weighted by Gasteiger charge is -2.12. The molecule has 1 heterocycles. The molecule has 6 nitrogen and oxygen atoms in total. The Bertz CT molecular complexity index is 740. The van der Waals surface area contributed by atoms with E-state index in [2.05, 4.69) is 20.8 Å². The van der Waals surface area contributed by atoms with E-state index in [1.165, 1.54) is 0 Å². The van der Waals surface area contributed by atoms with Crippen molar-refractivity contribution < 1.29 is 5.11 Å². The standard InChI is InChI=1S/C15H15N5O/c1-11-6-7-13(20-10-17-18-19-20)8-14(11)16-9-12-4-2-3-5-15(12)21/h2-8,10,16,21H,9H2,1H3. The van der Waals surface area contributed by atoms with E-state index in [9.17, 15) is 5.11 Å². The van der Waals surface area contributed by atoms with Gasteiger partial charge in [-0.25, -0.2) is 4.68 Å². The minimum Gasteiger partial charge on any atom is -0.508 e. The van der Waals surface area contributed by atoms with E-state index in [0.29, 0.717) is 12.3 Å². The molecule has 0 unspecified atom stereocenters. The number of rotatable bonds is 4. The number of nitrogens with one attached hydrogen (secondary N) is 1. The molecule has 0 amide bonds. The average molecular weight is 281 g/mol. The van der Waals surface area contributed by atoms with Crippen LogP contribution in [0.15, 0.2) is 48.8 Å². The van der Waals surface area contributed by atoms with Crippen LogP contribution < -0.4 is 5.32 Å². The highest BCUT2D eigenvalue weighted by Gasteiger charge is 2.05. The third-order valence-electron chi connectivity index (χ3n) is 3.30. The molecule has 3 rings (SSSR count). The lowest BCUT2D eigenvalue weighted by molar-refractivity contribution is 0.469. The van der Waals surface area contributed by atoms with Gasteiger partial charge in [0.2, 0.25) is 0 Å². The molecule has 2 aromatic carbocycles. The monoisotopic (exact) mass is 281 g/mol. The van der Waals surface area contributed by atoms with E-state index in [4.69, 9.17) is 0 Å². The fraction of sp³-hybridized carbons (Fsp3) is 0.133. The summed E-state index contributed by atoms with van der Waals surface area (Å²) in [6.07, 6.45) is 1.55. The number of nitrogens with zero attached hydrogens (tertiary/aromatic N) is 4. The highest BCUT2D eigenvalue weighted by molar-refractivity contribution is 5.57. The summed E-state index contributed by atoms with van der Waals surface area (Å²) in [7, 11) is 0. The van der Waals surface area contributed by atoms with Crippen LogP contribution in [-0.2, 0) is 6.54 Å². The second-order valence-electron chi connectivity index (χ2n) is 4.74. The van der Waals surface area contributed by atoms with Crippen molar-refractivity contribution in [3.8, 4) is 11.4 Å². The van der Waals surface area contributed by atoms with E-state index < -0.39 is 0 Å². The number of tetrazole rings is 1. The minimum atomic E-state index is 0.291. The van der Waals surface area contributed by atoms with Gasteiger partial charge in [-0.2, -0.15) is 0 Å². The third kappa shape index (κ3) is 2.84. The van der Waals surface area contributed by atoms with Gasteiger partial charge in [-0.05, 0) is 41.1 Å². The van der Waals surface area contributed by atoms with Crippen molar-refractivity contribution in [2.24, 2.45) is 0 Å². The van der Waals surface area contributed by atoms with Gasteiger partial charge in [-0.1, -0.05) is 24.3 Å². The molecule has 0 bridgehead atoms. The molecule has 21 heavy (non-hydrogen) atoms. The maximum Gasteiger partial charge on any atom is 0.143 e. The summed E-state index contributed by atoms with van der Waals surface area (Å²) in [5, 5.41) is 24.3. The summed E-state index contributed by atoms with van der Waals surface area (Å²) in [5.74, 6) is 0.291. The average Bonchev–Trinajstić information content (AvgIpc) is 3.02. The zero-order valence-electron chi connectivity index (χ0n) is 11.6. The molecule has 0 aliphatic carbocycles. The van der Waals surface area contributed by atoms with E-state index in [-0.39, 0.29) is 0 Å². The highest BCUT2D eigenvalue weighted by atomic mass is 16.3. The third-order valence-corrected chi connectivity index (χ3v) is 3.30. The summed E-state index contributed by atoms with van der Waals surface area (Å²) in [6, 6.07) is 13.2. The second kappa shape index (κ2) is 5.62. The molecule has 0 saturated heterocycles. The number of benzene rings is 2. The van der Waals surface area contributed by atoms with Crippen LogP contribution in [0.3, 0.4) is 0 Å². The van der Waals surface area contributed by atoms with Gasteiger partial charge in [0.25, 0.3) is 0 Å². The molecule has 3 aromatic rings. The minimum absolute atomic E-state index is 0.291. The lowest BCUT2D eigenvalue weighted by Crippen LogP contribution is -2.03. The largest absolute Gasteiger partial charge is 0.508 e. The molecule has 0 aliphatic rings. The molecule has 0 atom stereocenters. The van der Waals surface area contributed by atoms with Crippen molar-refractivity contribution in [2.45, 2.75) is 13.5 Å². The number of anilines is 1. The second-order valence-corrected chi connectivity index (χ2v) is 4.74. The van der Waals surface area contributed by atoms with Crippen LogP contribution in [0.2, 0.25) is 0 Å². The lowest BCUT2D eigenvalue weighted by atomic mass is 10.1. The summed E-state index contributed by atoms with van der Waals surface area (Å²) in [5.41, 5.74) is 3.82. The molecule has 6 heteroatoms. The van der Waals surface area contributed by atoms with E-state index >= 15 is 0 Å². The van der Waals surface area contributed by atoms with Gasteiger partial charge >= 0.3 is 0 Å². The Morgan fingerprint density at radius 1 is 1.19 bits per heavy atom. The number of hydrogen-bond donors (Lipinski definition) is 2. The quantitative estimate of drug-likeness (QED) is 0.767. The van der Waals surface area contributed by atoms with Crippen molar-refractivity contribution in [3.05, 3.63) is 59.9 Å². The van der Waals surface area contributed by atoms with Crippen molar-refractivity contribution in [1.29, 1.82) is 0 Å². The van der Waals surface area contributed by atoms with Gasteiger partial charge in [0.05, 0.1) is 5.69 Å². The number of hydrogen-bond acceptors (Lipinski definition) is 5.